The first-order valence-electron chi connectivity index (χ1n) is 41.4. The second-order valence-electron chi connectivity index (χ2n) is 36.1. The van der Waals surface area contributed by atoms with Gasteiger partial charge in [-0.15, -0.1) is 0 Å². The normalized spacial score (nSPS) is 15.1. The minimum atomic E-state index is -0.229. The SMILES string of the molecule is CC1(C)c2cc(Nc3ccc4c(c3)C(C)(C)c3cc(Nc5ccc6c(c5)C(C)(C)c5cc(-c7ccc8c(c7)c7ccccc7n8-c7ccccc7)ccc5-6)ccc3-4)ccc2-c2ccc(Nc3ccc4c(c3)C(C)(C)c3cc(Nc5ccc6c(c5)C(C)(C)c5cc(-c7ccc8c(c7)c7ccccc7n8-c7ccccc7)ccc5-6)ccc3-4)cc21. The molecular formula is C111H88N6. The maximum atomic E-state index is 3.89. The van der Waals surface area contributed by atoms with E-state index in [4.69, 9.17) is 0 Å². The Morgan fingerprint density at radius 3 is 0.624 bits per heavy atom. The third-order valence-electron chi connectivity index (χ3n) is 27.6. The largest absolute Gasteiger partial charge is 0.356 e. The summed E-state index contributed by atoms with van der Waals surface area (Å²) < 4.78 is 4.78. The van der Waals surface area contributed by atoms with Crippen molar-refractivity contribution < 1.29 is 0 Å². The van der Waals surface area contributed by atoms with E-state index in [1.165, 1.54) is 189 Å². The predicted molar refractivity (Wildman–Crippen MR) is 493 cm³/mol. The van der Waals surface area contributed by atoms with Crippen molar-refractivity contribution in [2.24, 2.45) is 0 Å². The van der Waals surface area contributed by atoms with Crippen molar-refractivity contribution >= 4 is 89.1 Å². The summed E-state index contributed by atoms with van der Waals surface area (Å²) in [4.78, 5) is 0. The van der Waals surface area contributed by atoms with Crippen LogP contribution in [-0.4, -0.2) is 9.13 Å². The fourth-order valence-corrected chi connectivity index (χ4v) is 21.4. The molecule has 18 aromatic rings. The Morgan fingerprint density at radius 2 is 0.368 bits per heavy atom. The van der Waals surface area contributed by atoms with Crippen LogP contribution in [-0.2, 0) is 27.1 Å². The Morgan fingerprint density at radius 1 is 0.171 bits per heavy atom. The highest BCUT2D eigenvalue weighted by Crippen LogP contribution is 2.58. The Balaban J connectivity index is 0.450. The molecular weight excluding hydrogens is 1420 g/mol. The molecule has 0 fully saturated rings. The van der Waals surface area contributed by atoms with E-state index < -0.39 is 0 Å². The van der Waals surface area contributed by atoms with Gasteiger partial charge < -0.3 is 30.4 Å². The third-order valence-corrected chi connectivity index (χ3v) is 27.6. The van der Waals surface area contributed by atoms with E-state index in [1.807, 2.05) is 0 Å². The molecule has 2 aromatic heterocycles. The number of anilines is 8. The summed E-state index contributed by atoms with van der Waals surface area (Å²) in [5.41, 5.74) is 46.2. The fraction of sp³-hybridized carbons (Fsp3) is 0.135. The molecule has 5 aliphatic rings. The molecule has 0 amide bonds. The van der Waals surface area contributed by atoms with E-state index in [1.54, 1.807) is 0 Å². The van der Waals surface area contributed by atoms with Gasteiger partial charge in [-0.25, -0.2) is 0 Å². The van der Waals surface area contributed by atoms with Gasteiger partial charge >= 0.3 is 0 Å². The summed E-state index contributed by atoms with van der Waals surface area (Å²) in [6.07, 6.45) is 0. The zero-order chi connectivity index (χ0) is 78.9. The van der Waals surface area contributed by atoms with Crippen molar-refractivity contribution in [2.75, 3.05) is 21.3 Å². The van der Waals surface area contributed by atoms with Crippen molar-refractivity contribution in [2.45, 2.75) is 96.3 Å². The molecule has 0 unspecified atom stereocenters. The Labute approximate surface area is 683 Å². The van der Waals surface area contributed by atoms with Crippen LogP contribution in [0.2, 0.25) is 0 Å². The molecule has 117 heavy (non-hydrogen) atoms. The Bertz CT molecular complexity index is 6900. The zero-order valence-corrected chi connectivity index (χ0v) is 67.6. The number of para-hydroxylation sites is 4. The Kier molecular flexibility index (Phi) is 14.5. The van der Waals surface area contributed by atoms with Crippen molar-refractivity contribution in [3.63, 3.8) is 0 Å². The van der Waals surface area contributed by atoms with Crippen LogP contribution in [0.3, 0.4) is 0 Å². The number of benzene rings is 16. The number of rotatable bonds is 12. The third kappa shape index (κ3) is 10.3. The first kappa shape index (κ1) is 68.9. The number of hydrogen-bond donors (Lipinski definition) is 4. The average Bonchev–Trinajstić information content (AvgIpc) is 1.58. The minimum absolute atomic E-state index is 0.198. The van der Waals surface area contributed by atoms with Crippen LogP contribution < -0.4 is 21.3 Å². The topological polar surface area (TPSA) is 58.0 Å². The van der Waals surface area contributed by atoms with Crippen molar-refractivity contribution in [1.82, 2.24) is 9.13 Å². The van der Waals surface area contributed by atoms with E-state index in [9.17, 15) is 0 Å². The lowest BCUT2D eigenvalue weighted by Crippen LogP contribution is -2.16. The highest BCUT2D eigenvalue weighted by Gasteiger charge is 2.42. The van der Waals surface area contributed by atoms with Crippen LogP contribution in [0.25, 0.3) is 133 Å². The standard InChI is InChI=1S/C111H88N6/c1-107(2)93-55-67(65-31-51-105-91(53-65)89-25-17-19-27-103(89)116(105)77-21-13-11-14-22-77)29-41-79(93)81-43-33-69(57-95(81)107)112-71-35-45-83-85-47-37-73(61-99(85)109(5,6)97(83)59-71)114-75-39-49-87-88-50-40-76(64-102(88)111(9,10)101(87)63-75)115-74-38-48-86-84-46-36-72(60-98(84)110(7,8)100(86)62-74)113-70-34-44-82-80-42-30-68(56-94(80)108(3,4)96(82)58-70)66-32-52-106-92(54-66)90-26-18-20-28-104(90)117(106)78-23-15-12-16-24-78/h11-64,112-115H,1-10H3. The average molecular weight is 1510 g/mol. The number of nitrogens with zero attached hydrogens (tertiary/aromatic N) is 2. The second-order valence-corrected chi connectivity index (χ2v) is 36.1. The van der Waals surface area contributed by atoms with Crippen LogP contribution >= 0.6 is 0 Å². The van der Waals surface area contributed by atoms with Crippen LogP contribution in [0.1, 0.15) is 125 Å². The summed E-state index contributed by atoms with van der Waals surface area (Å²) in [6, 6.07) is 123. The molecule has 0 atom stereocenters. The molecule has 0 bridgehead atoms. The van der Waals surface area contributed by atoms with Crippen LogP contribution in [0.4, 0.5) is 45.5 Å². The van der Waals surface area contributed by atoms with E-state index in [-0.39, 0.29) is 27.1 Å². The van der Waals surface area contributed by atoms with Crippen LogP contribution in [0.15, 0.2) is 328 Å². The monoisotopic (exact) mass is 1500 g/mol. The van der Waals surface area contributed by atoms with Gasteiger partial charge in [-0.3, -0.25) is 0 Å². The summed E-state index contributed by atoms with van der Waals surface area (Å²) in [6.45, 7) is 23.8. The molecule has 0 aliphatic heterocycles. The molecule has 4 N–H and O–H groups in total. The lowest BCUT2D eigenvalue weighted by molar-refractivity contribution is 0.660. The maximum absolute atomic E-state index is 3.89. The summed E-state index contributed by atoms with van der Waals surface area (Å²) in [5, 5.41) is 20.6. The molecule has 16 aromatic carbocycles. The summed E-state index contributed by atoms with van der Waals surface area (Å²) in [7, 11) is 0. The van der Waals surface area contributed by atoms with Gasteiger partial charge in [-0.2, -0.15) is 0 Å². The first-order valence-corrected chi connectivity index (χ1v) is 41.4. The first-order chi connectivity index (χ1) is 56.7. The highest BCUT2D eigenvalue weighted by atomic mass is 15.0. The molecule has 6 nitrogen and oxygen atoms in total. The van der Waals surface area contributed by atoms with Crippen molar-refractivity contribution in [3.8, 4) is 89.3 Å². The van der Waals surface area contributed by atoms with Gasteiger partial charge in [-0.1, -0.05) is 227 Å². The Hall–Kier alpha value is -13.7. The van der Waals surface area contributed by atoms with Gasteiger partial charge in [0, 0.05) is 105 Å². The summed E-state index contributed by atoms with van der Waals surface area (Å²) in [5.74, 6) is 0. The van der Waals surface area contributed by atoms with Gasteiger partial charge in [0.2, 0.25) is 0 Å². The fourth-order valence-electron chi connectivity index (χ4n) is 21.4. The van der Waals surface area contributed by atoms with E-state index in [2.05, 4.69) is 427 Å². The molecule has 562 valence electrons. The van der Waals surface area contributed by atoms with Crippen LogP contribution in [0.5, 0.6) is 0 Å². The van der Waals surface area contributed by atoms with E-state index >= 15 is 0 Å². The molecule has 0 saturated carbocycles. The predicted octanol–water partition coefficient (Wildman–Crippen LogP) is 29.7. The molecule has 2 heterocycles. The smallest absolute Gasteiger partial charge is 0.0541 e. The van der Waals surface area contributed by atoms with Gasteiger partial charge in [0.25, 0.3) is 0 Å². The maximum Gasteiger partial charge on any atom is 0.0541 e. The number of fused-ring (bicyclic) bond motifs is 21. The van der Waals surface area contributed by atoms with Gasteiger partial charge in [-0.05, 0) is 303 Å². The second kappa shape index (κ2) is 24.7. The van der Waals surface area contributed by atoms with Crippen molar-refractivity contribution in [1.29, 1.82) is 0 Å². The molecule has 6 heteroatoms. The van der Waals surface area contributed by atoms with E-state index in [0.29, 0.717) is 0 Å². The van der Waals surface area contributed by atoms with E-state index in [0.717, 1.165) is 45.5 Å². The summed E-state index contributed by atoms with van der Waals surface area (Å²) >= 11 is 0. The number of hydrogen-bond acceptors (Lipinski definition) is 4. The number of aromatic nitrogens is 2. The zero-order valence-electron chi connectivity index (χ0n) is 67.6. The van der Waals surface area contributed by atoms with Gasteiger partial charge in [0.15, 0.2) is 0 Å². The van der Waals surface area contributed by atoms with Gasteiger partial charge in [0.05, 0.1) is 22.1 Å². The number of nitrogens with one attached hydrogen (secondary N) is 4. The quantitative estimate of drug-likeness (QED) is 0.0985. The molecule has 5 aliphatic carbocycles. The van der Waals surface area contributed by atoms with Crippen LogP contribution in [0, 0.1) is 0 Å². The molecule has 0 spiro atoms. The van der Waals surface area contributed by atoms with Gasteiger partial charge in [0.1, 0.15) is 0 Å². The minimum Gasteiger partial charge on any atom is -0.356 e. The molecule has 0 radical (unpaired) electrons. The van der Waals surface area contributed by atoms with Crippen molar-refractivity contribution in [3.05, 3.63) is 383 Å². The molecule has 0 saturated heterocycles. The lowest BCUT2D eigenvalue weighted by Gasteiger charge is -2.24. The lowest BCUT2D eigenvalue weighted by atomic mass is 9.81. The molecule has 23 rings (SSSR count). The highest BCUT2D eigenvalue weighted by molar-refractivity contribution is 6.12.